The summed E-state index contributed by atoms with van der Waals surface area (Å²) in [6.07, 6.45) is 0. The molecule has 0 saturated carbocycles. The Hall–Kier alpha value is -3.40. The predicted octanol–water partition coefficient (Wildman–Crippen LogP) is 4.69. The normalized spacial score (nSPS) is 10.2. The zero-order valence-electron chi connectivity index (χ0n) is 14.3. The Balaban J connectivity index is 1.80. The third kappa shape index (κ3) is 4.36. The molecule has 4 nitrogen and oxygen atoms in total. The highest BCUT2D eigenvalue weighted by Gasteiger charge is 2.15. The Morgan fingerprint density at radius 1 is 0.846 bits per heavy atom. The fourth-order valence-electron chi connectivity index (χ4n) is 2.44. The maximum atomic E-state index is 12.3. The number of Topliss-reactive ketones (excluding diaryl/α,β-unsaturated/α-hetero) is 1. The molecule has 3 aromatic rings. The first-order valence-corrected chi connectivity index (χ1v) is 8.22. The first-order chi connectivity index (χ1) is 12.6. The van der Waals surface area contributed by atoms with Crippen molar-refractivity contribution in [2.45, 2.75) is 13.5 Å². The molecule has 0 aromatic heterocycles. The van der Waals surface area contributed by atoms with Gasteiger partial charge in [0.2, 0.25) is 0 Å². The van der Waals surface area contributed by atoms with Gasteiger partial charge in [-0.15, -0.1) is 0 Å². The number of esters is 1. The Bertz CT molecular complexity index is 902. The van der Waals surface area contributed by atoms with E-state index < -0.39 is 5.97 Å². The van der Waals surface area contributed by atoms with Crippen molar-refractivity contribution in [3.05, 3.63) is 95.6 Å². The Morgan fingerprint density at radius 2 is 1.50 bits per heavy atom. The number of hydrogen-bond donors (Lipinski definition) is 0. The molecule has 0 amide bonds. The van der Waals surface area contributed by atoms with Crippen molar-refractivity contribution in [3.63, 3.8) is 0 Å². The highest BCUT2D eigenvalue weighted by molar-refractivity contribution is 5.99. The van der Waals surface area contributed by atoms with E-state index in [1.54, 1.807) is 42.5 Å². The number of rotatable bonds is 6. The van der Waals surface area contributed by atoms with E-state index in [4.69, 9.17) is 9.47 Å². The van der Waals surface area contributed by atoms with Crippen LogP contribution < -0.4 is 9.47 Å². The van der Waals surface area contributed by atoms with E-state index in [2.05, 4.69) is 0 Å². The SMILES string of the molecule is CC(=O)c1ccc(OCc2ccccc2)cc1OC(=O)c1ccccc1. The number of ketones is 1. The van der Waals surface area contributed by atoms with E-state index in [0.29, 0.717) is 23.5 Å². The molecule has 3 rings (SSSR count). The lowest BCUT2D eigenvalue weighted by Crippen LogP contribution is -2.11. The second-order valence-electron chi connectivity index (χ2n) is 5.74. The van der Waals surface area contributed by atoms with Gasteiger partial charge in [0, 0.05) is 6.07 Å². The monoisotopic (exact) mass is 346 g/mol. The van der Waals surface area contributed by atoms with Crippen molar-refractivity contribution in [2.24, 2.45) is 0 Å². The standard InChI is InChI=1S/C22H18O4/c1-16(23)20-13-12-19(25-15-17-8-4-2-5-9-17)14-21(20)26-22(24)18-10-6-3-7-11-18/h2-14H,15H2,1H3. The molecule has 0 unspecified atom stereocenters. The summed E-state index contributed by atoms with van der Waals surface area (Å²) in [6.45, 7) is 1.81. The van der Waals surface area contributed by atoms with Crippen molar-refractivity contribution in [3.8, 4) is 11.5 Å². The minimum Gasteiger partial charge on any atom is -0.489 e. The maximum absolute atomic E-state index is 12.3. The van der Waals surface area contributed by atoms with Gasteiger partial charge in [0.05, 0.1) is 11.1 Å². The smallest absolute Gasteiger partial charge is 0.343 e. The quantitative estimate of drug-likeness (QED) is 0.369. The van der Waals surface area contributed by atoms with E-state index in [0.717, 1.165) is 5.56 Å². The maximum Gasteiger partial charge on any atom is 0.343 e. The van der Waals surface area contributed by atoms with Gasteiger partial charge < -0.3 is 9.47 Å². The minimum atomic E-state index is -0.520. The van der Waals surface area contributed by atoms with Gasteiger partial charge in [-0.1, -0.05) is 48.5 Å². The van der Waals surface area contributed by atoms with Crippen LogP contribution in [0.25, 0.3) is 0 Å². The summed E-state index contributed by atoms with van der Waals surface area (Å²) in [6, 6.07) is 23.2. The summed E-state index contributed by atoms with van der Waals surface area (Å²) >= 11 is 0. The summed E-state index contributed by atoms with van der Waals surface area (Å²) in [4.78, 5) is 24.1. The van der Waals surface area contributed by atoms with Crippen LogP contribution >= 0.6 is 0 Å². The average Bonchev–Trinajstić information content (AvgIpc) is 2.68. The van der Waals surface area contributed by atoms with E-state index in [9.17, 15) is 9.59 Å². The largest absolute Gasteiger partial charge is 0.489 e. The van der Waals surface area contributed by atoms with Crippen molar-refractivity contribution in [1.82, 2.24) is 0 Å². The number of benzene rings is 3. The van der Waals surface area contributed by atoms with Gasteiger partial charge in [0.15, 0.2) is 5.78 Å². The number of carbonyl (C=O) groups is 2. The summed E-state index contributed by atoms with van der Waals surface area (Å²) in [5.41, 5.74) is 1.77. The molecule has 0 aliphatic heterocycles. The van der Waals surface area contributed by atoms with Crippen molar-refractivity contribution >= 4 is 11.8 Å². The first kappa shape index (κ1) is 17.4. The van der Waals surface area contributed by atoms with Gasteiger partial charge in [-0.3, -0.25) is 4.79 Å². The first-order valence-electron chi connectivity index (χ1n) is 8.22. The third-order valence-corrected chi connectivity index (χ3v) is 3.79. The Labute approximate surface area is 152 Å². The van der Waals surface area contributed by atoms with Crippen LogP contribution in [0.4, 0.5) is 0 Å². The van der Waals surface area contributed by atoms with Crippen molar-refractivity contribution in [2.75, 3.05) is 0 Å². The second kappa shape index (κ2) is 8.12. The van der Waals surface area contributed by atoms with Crippen LogP contribution in [0.2, 0.25) is 0 Å². The lowest BCUT2D eigenvalue weighted by atomic mass is 10.1. The van der Waals surface area contributed by atoms with Gasteiger partial charge in [-0.25, -0.2) is 4.79 Å². The highest BCUT2D eigenvalue weighted by Crippen LogP contribution is 2.27. The van der Waals surface area contributed by atoms with Crippen LogP contribution in [0.3, 0.4) is 0 Å². The topological polar surface area (TPSA) is 52.6 Å². The summed E-state index contributed by atoms with van der Waals surface area (Å²) in [5, 5.41) is 0. The van der Waals surface area contributed by atoms with Crippen molar-refractivity contribution in [1.29, 1.82) is 0 Å². The Morgan fingerprint density at radius 3 is 2.15 bits per heavy atom. The summed E-state index contributed by atoms with van der Waals surface area (Å²) < 4.78 is 11.2. The summed E-state index contributed by atoms with van der Waals surface area (Å²) in [7, 11) is 0. The molecule has 0 aliphatic rings. The molecular formula is C22H18O4. The van der Waals surface area contributed by atoms with Crippen LogP contribution in [0.5, 0.6) is 11.5 Å². The lowest BCUT2D eigenvalue weighted by Gasteiger charge is -2.12. The number of ether oxygens (including phenoxy) is 2. The van der Waals surface area contributed by atoms with Crippen LogP contribution in [-0.2, 0) is 6.61 Å². The van der Waals surface area contributed by atoms with E-state index in [1.807, 2.05) is 36.4 Å². The zero-order valence-corrected chi connectivity index (χ0v) is 14.3. The molecule has 0 bridgehead atoms. The molecular weight excluding hydrogens is 328 g/mol. The summed E-state index contributed by atoms with van der Waals surface area (Å²) in [5.74, 6) is 0.00964. The lowest BCUT2D eigenvalue weighted by molar-refractivity contribution is 0.0732. The van der Waals surface area contributed by atoms with Gasteiger partial charge in [0.1, 0.15) is 18.1 Å². The van der Waals surface area contributed by atoms with E-state index in [-0.39, 0.29) is 11.5 Å². The van der Waals surface area contributed by atoms with Crippen LogP contribution in [0, 0.1) is 0 Å². The van der Waals surface area contributed by atoms with Gasteiger partial charge in [0.25, 0.3) is 0 Å². The van der Waals surface area contributed by atoms with Crippen molar-refractivity contribution < 1.29 is 19.1 Å². The molecule has 0 fully saturated rings. The Kier molecular flexibility index (Phi) is 5.44. The average molecular weight is 346 g/mol. The molecule has 4 heteroatoms. The van der Waals surface area contributed by atoms with Gasteiger partial charge >= 0.3 is 5.97 Å². The molecule has 0 spiro atoms. The highest BCUT2D eigenvalue weighted by atomic mass is 16.5. The molecule has 26 heavy (non-hydrogen) atoms. The van der Waals surface area contributed by atoms with Crippen LogP contribution in [-0.4, -0.2) is 11.8 Å². The van der Waals surface area contributed by atoms with Crippen LogP contribution in [0.1, 0.15) is 33.2 Å². The predicted molar refractivity (Wildman–Crippen MR) is 98.6 cm³/mol. The molecule has 0 saturated heterocycles. The van der Waals surface area contributed by atoms with E-state index in [1.165, 1.54) is 6.92 Å². The van der Waals surface area contributed by atoms with Crippen LogP contribution in [0.15, 0.2) is 78.9 Å². The number of carbonyl (C=O) groups excluding carboxylic acids is 2. The molecule has 0 N–H and O–H groups in total. The zero-order chi connectivity index (χ0) is 18.4. The second-order valence-corrected chi connectivity index (χ2v) is 5.74. The molecule has 130 valence electrons. The minimum absolute atomic E-state index is 0.185. The molecule has 0 heterocycles. The van der Waals surface area contributed by atoms with Gasteiger partial charge in [-0.2, -0.15) is 0 Å². The molecule has 0 aliphatic carbocycles. The molecule has 0 radical (unpaired) electrons. The van der Waals surface area contributed by atoms with E-state index >= 15 is 0 Å². The third-order valence-electron chi connectivity index (χ3n) is 3.79. The fraction of sp³-hybridized carbons (Fsp3) is 0.0909. The molecule has 0 atom stereocenters. The molecule has 3 aromatic carbocycles. The number of hydrogen-bond acceptors (Lipinski definition) is 4. The van der Waals surface area contributed by atoms with Gasteiger partial charge in [-0.05, 0) is 36.8 Å². The fourth-order valence-corrected chi connectivity index (χ4v) is 2.44.